The third-order valence-corrected chi connectivity index (χ3v) is 3.37. The minimum Gasteiger partial charge on any atom is -0.317 e. The minimum absolute atomic E-state index is 0.0745. The Balaban J connectivity index is 2.31. The number of rotatable bonds is 3. The van der Waals surface area contributed by atoms with Crippen molar-refractivity contribution < 1.29 is 22.4 Å². The summed E-state index contributed by atoms with van der Waals surface area (Å²) in [5, 5.41) is 2.41. The molecule has 2 rings (SSSR count). The zero-order valence-electron chi connectivity index (χ0n) is 10.4. The van der Waals surface area contributed by atoms with Gasteiger partial charge < -0.3 is 5.32 Å². The average Bonchev–Trinajstić information content (AvgIpc) is 2.49. The molecule has 0 unspecified atom stereocenters. The van der Waals surface area contributed by atoms with Crippen molar-refractivity contribution in [3.05, 3.63) is 64.7 Å². The first kappa shape index (κ1) is 15.5. The number of benzene rings is 2. The molecule has 1 amide bonds. The molecule has 0 saturated heterocycles. The summed E-state index contributed by atoms with van der Waals surface area (Å²) in [4.78, 5) is 11.8. The first-order chi connectivity index (χ1) is 9.93. The highest BCUT2D eigenvalue weighted by Gasteiger charge is 2.21. The molecule has 2 nitrogen and oxygen atoms in total. The third-order valence-electron chi connectivity index (χ3n) is 2.72. The summed E-state index contributed by atoms with van der Waals surface area (Å²) in [6.45, 7) is 0. The van der Waals surface area contributed by atoms with Crippen molar-refractivity contribution in [1.29, 1.82) is 0 Å². The monoisotopic (exact) mass is 361 g/mol. The summed E-state index contributed by atoms with van der Waals surface area (Å²) in [7, 11) is 0. The number of nitrogens with one attached hydrogen (secondary N) is 1. The number of carbonyl (C=O) groups excluding carboxylic acids is 1. The molecule has 110 valence electrons. The first-order valence-corrected chi connectivity index (χ1v) is 6.85. The van der Waals surface area contributed by atoms with Crippen LogP contribution in [-0.4, -0.2) is 5.91 Å². The van der Waals surface area contributed by atoms with Crippen LogP contribution in [0, 0.1) is 23.3 Å². The average molecular weight is 362 g/mol. The van der Waals surface area contributed by atoms with Gasteiger partial charge in [0, 0.05) is 17.0 Å². The van der Waals surface area contributed by atoms with Gasteiger partial charge in [-0.15, -0.1) is 0 Å². The quantitative estimate of drug-likeness (QED) is 0.490. The number of hydrogen-bond donors (Lipinski definition) is 1. The van der Waals surface area contributed by atoms with E-state index in [0.29, 0.717) is 5.33 Å². The number of halogens is 5. The molecule has 7 heteroatoms. The number of carbonyl (C=O) groups is 1. The zero-order valence-corrected chi connectivity index (χ0v) is 12.0. The molecule has 21 heavy (non-hydrogen) atoms. The van der Waals surface area contributed by atoms with Gasteiger partial charge in [0.2, 0.25) is 0 Å². The highest BCUT2D eigenvalue weighted by Crippen LogP contribution is 2.24. The van der Waals surface area contributed by atoms with Gasteiger partial charge in [-0.25, -0.2) is 17.6 Å². The summed E-state index contributed by atoms with van der Waals surface area (Å²) in [6.07, 6.45) is 0. The van der Waals surface area contributed by atoms with Crippen LogP contribution in [0.4, 0.5) is 23.2 Å². The molecule has 0 spiro atoms. The highest BCUT2D eigenvalue weighted by molar-refractivity contribution is 9.08. The summed E-state index contributed by atoms with van der Waals surface area (Å²) in [5.74, 6) is -7.35. The molecule has 0 fully saturated rings. The second-order valence-electron chi connectivity index (χ2n) is 4.13. The molecular weight excluding hydrogens is 354 g/mol. The zero-order chi connectivity index (χ0) is 15.6. The Hall–Kier alpha value is -1.89. The van der Waals surface area contributed by atoms with E-state index in [1.807, 2.05) is 5.32 Å². The van der Waals surface area contributed by atoms with Crippen molar-refractivity contribution in [2.45, 2.75) is 5.33 Å². The van der Waals surface area contributed by atoms with Crippen LogP contribution in [0.25, 0.3) is 0 Å². The Kier molecular flexibility index (Phi) is 4.62. The fourth-order valence-electron chi connectivity index (χ4n) is 1.61. The van der Waals surface area contributed by atoms with Crippen LogP contribution in [0.1, 0.15) is 15.9 Å². The van der Waals surface area contributed by atoms with Crippen LogP contribution in [0.5, 0.6) is 0 Å². The molecule has 0 aliphatic heterocycles. The number of anilines is 1. The lowest BCUT2D eigenvalue weighted by Gasteiger charge is -2.09. The predicted molar refractivity (Wildman–Crippen MR) is 73.3 cm³/mol. The maximum absolute atomic E-state index is 13.4. The van der Waals surface area contributed by atoms with Gasteiger partial charge in [0.25, 0.3) is 5.91 Å². The van der Waals surface area contributed by atoms with Crippen LogP contribution in [0.15, 0.2) is 30.3 Å². The Morgan fingerprint density at radius 3 is 2.00 bits per heavy atom. The van der Waals surface area contributed by atoms with E-state index >= 15 is 0 Å². The van der Waals surface area contributed by atoms with E-state index in [4.69, 9.17) is 0 Å². The van der Waals surface area contributed by atoms with Gasteiger partial charge in [0.1, 0.15) is 5.69 Å². The van der Waals surface area contributed by atoms with Crippen molar-refractivity contribution in [3.63, 3.8) is 0 Å². The smallest absolute Gasteiger partial charge is 0.255 e. The summed E-state index contributed by atoms with van der Waals surface area (Å²) in [6, 6.07) is 6.19. The minimum atomic E-state index is -1.65. The molecule has 0 bridgehead atoms. The SMILES string of the molecule is O=C(Nc1c(F)c(F)cc(F)c1F)c1ccc(CBr)cc1. The van der Waals surface area contributed by atoms with Crippen molar-refractivity contribution >= 4 is 27.5 Å². The van der Waals surface area contributed by atoms with Gasteiger partial charge in [-0.05, 0) is 17.7 Å². The van der Waals surface area contributed by atoms with Crippen LogP contribution in [-0.2, 0) is 5.33 Å². The Labute approximate surface area is 125 Å². The van der Waals surface area contributed by atoms with E-state index in [0.717, 1.165) is 5.56 Å². The topological polar surface area (TPSA) is 29.1 Å². The summed E-state index contributed by atoms with van der Waals surface area (Å²) < 4.78 is 52.9. The van der Waals surface area contributed by atoms with Crippen molar-refractivity contribution in [2.24, 2.45) is 0 Å². The highest BCUT2D eigenvalue weighted by atomic mass is 79.9. The molecule has 0 saturated carbocycles. The molecule has 0 aliphatic rings. The van der Waals surface area contributed by atoms with Crippen LogP contribution >= 0.6 is 15.9 Å². The predicted octanol–water partition coefficient (Wildman–Crippen LogP) is 4.39. The fraction of sp³-hybridized carbons (Fsp3) is 0.0714. The van der Waals surface area contributed by atoms with Crippen LogP contribution < -0.4 is 5.32 Å². The first-order valence-electron chi connectivity index (χ1n) is 5.73. The van der Waals surface area contributed by atoms with Crippen LogP contribution in [0.2, 0.25) is 0 Å². The van der Waals surface area contributed by atoms with Gasteiger partial charge in [-0.2, -0.15) is 0 Å². The lowest BCUT2D eigenvalue weighted by molar-refractivity contribution is 0.102. The summed E-state index contributed by atoms with van der Waals surface area (Å²) >= 11 is 3.22. The second kappa shape index (κ2) is 6.26. The van der Waals surface area contributed by atoms with Gasteiger partial charge in [0.15, 0.2) is 23.3 Å². The van der Waals surface area contributed by atoms with E-state index in [2.05, 4.69) is 15.9 Å². The number of amides is 1. The maximum atomic E-state index is 13.4. The standard InChI is InChI=1S/C14H8BrF4NO/c15-6-7-1-3-8(4-2-7)14(21)20-13-11(18)9(16)5-10(17)12(13)19/h1-5H,6H2,(H,20,21). The molecule has 0 aliphatic carbocycles. The Morgan fingerprint density at radius 1 is 1.00 bits per heavy atom. The number of hydrogen-bond acceptors (Lipinski definition) is 1. The van der Waals surface area contributed by atoms with E-state index in [9.17, 15) is 22.4 Å². The van der Waals surface area contributed by atoms with Gasteiger partial charge in [0.05, 0.1) is 0 Å². The normalized spacial score (nSPS) is 10.5. The number of alkyl halides is 1. The summed E-state index contributed by atoms with van der Waals surface area (Å²) in [5.41, 5.74) is -0.161. The van der Waals surface area contributed by atoms with Crippen molar-refractivity contribution in [3.8, 4) is 0 Å². The van der Waals surface area contributed by atoms with Crippen molar-refractivity contribution in [2.75, 3.05) is 5.32 Å². The second-order valence-corrected chi connectivity index (χ2v) is 4.69. The molecule has 0 radical (unpaired) electrons. The molecule has 0 atom stereocenters. The van der Waals surface area contributed by atoms with E-state index in [1.54, 1.807) is 12.1 Å². The molecule has 2 aromatic rings. The maximum Gasteiger partial charge on any atom is 0.255 e. The molecular formula is C14H8BrF4NO. The lowest BCUT2D eigenvalue weighted by Crippen LogP contribution is -2.15. The van der Waals surface area contributed by atoms with Gasteiger partial charge in [-0.1, -0.05) is 28.1 Å². The van der Waals surface area contributed by atoms with E-state index in [1.165, 1.54) is 12.1 Å². The van der Waals surface area contributed by atoms with Crippen molar-refractivity contribution in [1.82, 2.24) is 0 Å². The Morgan fingerprint density at radius 2 is 1.52 bits per heavy atom. The molecule has 0 heterocycles. The third kappa shape index (κ3) is 3.24. The van der Waals surface area contributed by atoms with Crippen LogP contribution in [0.3, 0.4) is 0 Å². The fourth-order valence-corrected chi connectivity index (χ4v) is 1.99. The molecule has 2 aromatic carbocycles. The molecule has 0 aromatic heterocycles. The van der Waals surface area contributed by atoms with Gasteiger partial charge >= 0.3 is 0 Å². The molecule has 1 N–H and O–H groups in total. The van der Waals surface area contributed by atoms with Gasteiger partial charge in [-0.3, -0.25) is 4.79 Å². The largest absolute Gasteiger partial charge is 0.317 e. The van der Waals surface area contributed by atoms with E-state index in [-0.39, 0.29) is 11.6 Å². The Bertz CT molecular complexity index is 662. The lowest BCUT2D eigenvalue weighted by atomic mass is 10.1. The van der Waals surface area contributed by atoms with E-state index < -0.39 is 34.9 Å².